The third kappa shape index (κ3) is 2.39. The number of phenols is 1. The first-order chi connectivity index (χ1) is 8.91. The van der Waals surface area contributed by atoms with E-state index in [0.717, 1.165) is 0 Å². The van der Waals surface area contributed by atoms with E-state index in [1.165, 1.54) is 19.1 Å². The second-order valence-corrected chi connectivity index (χ2v) is 4.37. The molecule has 19 heavy (non-hydrogen) atoms. The summed E-state index contributed by atoms with van der Waals surface area (Å²) >= 11 is 0. The van der Waals surface area contributed by atoms with Crippen molar-refractivity contribution in [1.82, 2.24) is 0 Å². The van der Waals surface area contributed by atoms with Crippen LogP contribution in [0.2, 0.25) is 0 Å². The summed E-state index contributed by atoms with van der Waals surface area (Å²) in [6.07, 6.45) is -1.79. The van der Waals surface area contributed by atoms with Gasteiger partial charge in [-0.05, 0) is 18.6 Å². The molecule has 0 aliphatic carbocycles. The summed E-state index contributed by atoms with van der Waals surface area (Å²) < 4.78 is 9.80. The SMILES string of the molecule is CC(=O)OCc1ccc(O)c2c1[C@@H](O)[C@@H](C)OC2=O. The van der Waals surface area contributed by atoms with E-state index in [4.69, 9.17) is 9.47 Å². The quantitative estimate of drug-likeness (QED) is 0.777. The summed E-state index contributed by atoms with van der Waals surface area (Å²) in [4.78, 5) is 22.6. The molecule has 0 amide bonds. The Balaban J connectivity index is 2.50. The number of rotatable bonds is 2. The maximum atomic E-state index is 11.8. The van der Waals surface area contributed by atoms with Crippen LogP contribution in [-0.4, -0.2) is 28.3 Å². The fourth-order valence-electron chi connectivity index (χ4n) is 2.04. The summed E-state index contributed by atoms with van der Waals surface area (Å²) in [5.41, 5.74) is 0.652. The van der Waals surface area contributed by atoms with E-state index in [-0.39, 0.29) is 23.5 Å². The van der Waals surface area contributed by atoms with Gasteiger partial charge in [-0.1, -0.05) is 6.07 Å². The lowest BCUT2D eigenvalue weighted by Crippen LogP contribution is -2.31. The molecule has 0 radical (unpaired) electrons. The first-order valence-corrected chi connectivity index (χ1v) is 5.79. The number of aliphatic hydroxyl groups excluding tert-OH is 1. The van der Waals surface area contributed by atoms with Crippen molar-refractivity contribution in [3.05, 3.63) is 28.8 Å². The standard InChI is InChI=1S/C13H14O6/c1-6-12(16)10-8(5-18-7(2)14)3-4-9(15)11(10)13(17)19-6/h3-4,6,12,15-16H,5H2,1-2H3/t6-,12+/m1/s1. The summed E-state index contributed by atoms with van der Waals surface area (Å²) in [5, 5.41) is 19.8. The molecule has 0 saturated heterocycles. The van der Waals surface area contributed by atoms with Gasteiger partial charge in [0.25, 0.3) is 0 Å². The van der Waals surface area contributed by atoms with E-state index < -0.39 is 24.1 Å². The second-order valence-electron chi connectivity index (χ2n) is 4.37. The predicted octanol–water partition coefficient (Wildman–Crippen LogP) is 1.05. The zero-order valence-corrected chi connectivity index (χ0v) is 10.5. The zero-order valence-electron chi connectivity index (χ0n) is 10.5. The Morgan fingerprint density at radius 2 is 2.16 bits per heavy atom. The smallest absolute Gasteiger partial charge is 0.342 e. The lowest BCUT2D eigenvalue weighted by Gasteiger charge is -2.29. The van der Waals surface area contributed by atoms with E-state index in [1.54, 1.807) is 6.92 Å². The summed E-state index contributed by atoms with van der Waals surface area (Å²) in [6, 6.07) is 2.81. The van der Waals surface area contributed by atoms with Crippen molar-refractivity contribution in [2.45, 2.75) is 32.7 Å². The second kappa shape index (κ2) is 4.89. The highest BCUT2D eigenvalue weighted by Gasteiger charge is 2.35. The van der Waals surface area contributed by atoms with Gasteiger partial charge in [-0.15, -0.1) is 0 Å². The fraction of sp³-hybridized carbons (Fsp3) is 0.385. The van der Waals surface area contributed by atoms with E-state index in [1.807, 2.05) is 0 Å². The van der Waals surface area contributed by atoms with Gasteiger partial charge in [0.2, 0.25) is 0 Å². The van der Waals surface area contributed by atoms with Crippen molar-refractivity contribution in [2.24, 2.45) is 0 Å². The highest BCUT2D eigenvalue weighted by molar-refractivity contribution is 5.95. The molecule has 2 atom stereocenters. The zero-order chi connectivity index (χ0) is 14.2. The molecule has 1 aliphatic rings. The van der Waals surface area contributed by atoms with Gasteiger partial charge in [-0.2, -0.15) is 0 Å². The average Bonchev–Trinajstić information content (AvgIpc) is 2.34. The van der Waals surface area contributed by atoms with Crippen molar-refractivity contribution in [3.63, 3.8) is 0 Å². The van der Waals surface area contributed by atoms with Crippen LogP contribution in [0.3, 0.4) is 0 Å². The molecule has 0 aromatic heterocycles. The van der Waals surface area contributed by atoms with Crippen molar-refractivity contribution in [3.8, 4) is 5.75 Å². The molecule has 0 unspecified atom stereocenters. The molecule has 2 rings (SSSR count). The van der Waals surface area contributed by atoms with Crippen LogP contribution in [0.4, 0.5) is 0 Å². The Kier molecular flexibility index (Phi) is 3.44. The molecule has 0 saturated carbocycles. The third-order valence-electron chi connectivity index (χ3n) is 2.98. The minimum absolute atomic E-state index is 0.0738. The number of esters is 2. The van der Waals surface area contributed by atoms with Gasteiger partial charge in [0, 0.05) is 12.5 Å². The number of benzene rings is 1. The number of aromatic hydroxyl groups is 1. The van der Waals surface area contributed by atoms with Gasteiger partial charge < -0.3 is 19.7 Å². The molecule has 0 spiro atoms. The number of carbonyl (C=O) groups excluding carboxylic acids is 2. The molecular weight excluding hydrogens is 252 g/mol. The van der Waals surface area contributed by atoms with Crippen molar-refractivity contribution >= 4 is 11.9 Å². The Labute approximate surface area is 109 Å². The molecule has 0 fully saturated rings. The van der Waals surface area contributed by atoms with Gasteiger partial charge in [0.15, 0.2) is 0 Å². The van der Waals surface area contributed by atoms with Crippen molar-refractivity contribution in [1.29, 1.82) is 0 Å². The number of carbonyl (C=O) groups is 2. The normalized spacial score (nSPS) is 21.5. The van der Waals surface area contributed by atoms with Crippen LogP contribution in [0, 0.1) is 0 Å². The molecule has 1 aliphatic heterocycles. The molecule has 102 valence electrons. The monoisotopic (exact) mass is 266 g/mol. The maximum Gasteiger partial charge on any atom is 0.342 e. The number of fused-ring (bicyclic) bond motifs is 1. The highest BCUT2D eigenvalue weighted by Crippen LogP contribution is 2.37. The van der Waals surface area contributed by atoms with Gasteiger partial charge in [0.05, 0.1) is 0 Å². The van der Waals surface area contributed by atoms with Crippen LogP contribution in [0.1, 0.15) is 41.4 Å². The number of hydrogen-bond acceptors (Lipinski definition) is 6. The van der Waals surface area contributed by atoms with E-state index in [0.29, 0.717) is 5.56 Å². The summed E-state index contributed by atoms with van der Waals surface area (Å²) in [6.45, 7) is 2.74. The van der Waals surface area contributed by atoms with Gasteiger partial charge >= 0.3 is 11.9 Å². The van der Waals surface area contributed by atoms with Gasteiger partial charge in [0.1, 0.15) is 30.1 Å². The predicted molar refractivity (Wildman–Crippen MR) is 63.4 cm³/mol. The average molecular weight is 266 g/mol. The van der Waals surface area contributed by atoms with E-state index in [9.17, 15) is 19.8 Å². The highest BCUT2D eigenvalue weighted by atomic mass is 16.6. The number of hydrogen-bond donors (Lipinski definition) is 2. The van der Waals surface area contributed by atoms with E-state index in [2.05, 4.69) is 0 Å². The minimum atomic E-state index is -1.06. The van der Waals surface area contributed by atoms with Crippen molar-refractivity contribution < 1.29 is 29.3 Å². The molecule has 1 heterocycles. The molecular formula is C13H14O6. The molecule has 6 heteroatoms. The first-order valence-electron chi connectivity index (χ1n) is 5.79. The third-order valence-corrected chi connectivity index (χ3v) is 2.98. The van der Waals surface area contributed by atoms with Crippen LogP contribution in [0.25, 0.3) is 0 Å². The summed E-state index contributed by atoms with van der Waals surface area (Å²) in [5.74, 6) is -1.43. The molecule has 1 aromatic carbocycles. The fourth-order valence-corrected chi connectivity index (χ4v) is 2.04. The lowest BCUT2D eigenvalue weighted by atomic mass is 9.91. The van der Waals surface area contributed by atoms with Crippen LogP contribution in [-0.2, 0) is 20.9 Å². The minimum Gasteiger partial charge on any atom is -0.507 e. The van der Waals surface area contributed by atoms with Crippen LogP contribution in [0.5, 0.6) is 5.75 Å². The Morgan fingerprint density at radius 3 is 2.79 bits per heavy atom. The number of aliphatic hydroxyl groups is 1. The Morgan fingerprint density at radius 1 is 1.47 bits per heavy atom. The molecule has 2 N–H and O–H groups in total. The number of cyclic esters (lactones) is 1. The van der Waals surface area contributed by atoms with E-state index >= 15 is 0 Å². The van der Waals surface area contributed by atoms with Crippen molar-refractivity contribution in [2.75, 3.05) is 0 Å². The maximum absolute atomic E-state index is 11.8. The van der Waals surface area contributed by atoms with Crippen LogP contribution in [0.15, 0.2) is 12.1 Å². The van der Waals surface area contributed by atoms with Gasteiger partial charge in [-0.25, -0.2) is 4.79 Å². The molecule has 6 nitrogen and oxygen atoms in total. The molecule has 0 bridgehead atoms. The Bertz CT molecular complexity index is 536. The lowest BCUT2D eigenvalue weighted by molar-refractivity contribution is -0.142. The largest absolute Gasteiger partial charge is 0.507 e. The number of ether oxygens (including phenoxy) is 2. The van der Waals surface area contributed by atoms with Crippen LogP contribution < -0.4 is 0 Å². The topological polar surface area (TPSA) is 93.1 Å². The van der Waals surface area contributed by atoms with Gasteiger partial charge in [-0.3, -0.25) is 4.79 Å². The number of phenolic OH excluding ortho intramolecular Hbond substituents is 1. The Hall–Kier alpha value is -2.08. The summed E-state index contributed by atoms with van der Waals surface area (Å²) in [7, 11) is 0. The first kappa shape index (κ1) is 13.4. The van der Waals surface area contributed by atoms with Crippen LogP contribution >= 0.6 is 0 Å². The molecule has 1 aromatic rings.